The summed E-state index contributed by atoms with van der Waals surface area (Å²) in [6.07, 6.45) is 14.2. The van der Waals surface area contributed by atoms with Crippen LogP contribution in [0.5, 0.6) is 0 Å². The summed E-state index contributed by atoms with van der Waals surface area (Å²) in [5.74, 6) is 0.455. The topological polar surface area (TPSA) is 70.7 Å². The van der Waals surface area contributed by atoms with Gasteiger partial charge in [-0.25, -0.2) is 0 Å². The van der Waals surface area contributed by atoms with E-state index >= 15 is 0 Å². The van der Waals surface area contributed by atoms with Gasteiger partial charge in [-0.3, -0.25) is 9.59 Å². The molecule has 3 fully saturated rings. The second-order valence-electron chi connectivity index (χ2n) is 13.4. The second kappa shape index (κ2) is 13.3. The average Bonchev–Trinajstić information content (AvgIpc) is 3.87. The number of aromatic nitrogens is 1. The van der Waals surface area contributed by atoms with Crippen molar-refractivity contribution in [1.29, 1.82) is 0 Å². The normalized spacial score (nSPS) is 19.3. The Balaban J connectivity index is 1.23. The lowest BCUT2D eigenvalue weighted by atomic mass is 9.82. The molecular formula is C38H46N4O3. The molecule has 236 valence electrons. The van der Waals surface area contributed by atoms with E-state index in [1.807, 2.05) is 55.5 Å². The molecule has 7 heteroatoms. The summed E-state index contributed by atoms with van der Waals surface area (Å²) >= 11 is 0. The lowest BCUT2D eigenvalue weighted by molar-refractivity contribution is -0.133. The van der Waals surface area contributed by atoms with Crippen LogP contribution >= 0.6 is 0 Å². The fourth-order valence-corrected chi connectivity index (χ4v) is 8.12. The standard InChI is InChI=1S/C38H46N4O3/c1-27(28-10-4-2-5-11-28)39-38(44)30-14-15-33-34(24-30)42(25-35(43)41-21-16-32(17-22-41)40-19-8-9-20-40)37(31-18-23-45-26-31)36(33)29-12-6-3-7-13-29/h2,4-5,10-11,14-15,18,23-24,26-27,29,32H,3,6-9,12-13,16-17,19-22,25H2,1H3,(H,39,44)/t27-/m1/s1. The molecule has 7 rings (SSSR count). The average molecular weight is 607 g/mol. The van der Waals surface area contributed by atoms with Crippen molar-refractivity contribution in [3.8, 4) is 11.3 Å². The van der Waals surface area contributed by atoms with Gasteiger partial charge in [0.1, 0.15) is 6.54 Å². The van der Waals surface area contributed by atoms with E-state index in [-0.39, 0.29) is 24.4 Å². The molecule has 1 atom stereocenters. The van der Waals surface area contributed by atoms with Gasteiger partial charge in [0.15, 0.2) is 0 Å². The third-order valence-corrected chi connectivity index (χ3v) is 10.6. The van der Waals surface area contributed by atoms with E-state index in [0.29, 0.717) is 17.5 Å². The smallest absolute Gasteiger partial charge is 0.251 e. The molecule has 1 aliphatic carbocycles. The van der Waals surface area contributed by atoms with E-state index in [4.69, 9.17) is 4.42 Å². The zero-order valence-corrected chi connectivity index (χ0v) is 26.5. The first kappa shape index (κ1) is 29.8. The fourth-order valence-electron chi connectivity index (χ4n) is 8.12. The number of hydrogen-bond donors (Lipinski definition) is 1. The summed E-state index contributed by atoms with van der Waals surface area (Å²) in [6.45, 7) is 6.28. The minimum absolute atomic E-state index is 0.111. The van der Waals surface area contributed by atoms with E-state index < -0.39 is 0 Å². The van der Waals surface area contributed by atoms with Crippen molar-refractivity contribution in [3.63, 3.8) is 0 Å². The van der Waals surface area contributed by atoms with E-state index in [1.54, 1.807) is 12.5 Å². The minimum Gasteiger partial charge on any atom is -0.472 e. The Labute approximate surface area is 266 Å². The maximum absolute atomic E-state index is 14.1. The number of fused-ring (bicyclic) bond motifs is 1. The van der Waals surface area contributed by atoms with Crippen molar-refractivity contribution in [2.45, 2.75) is 89.3 Å². The van der Waals surface area contributed by atoms with Crippen molar-refractivity contribution in [3.05, 3.63) is 83.8 Å². The predicted octanol–water partition coefficient (Wildman–Crippen LogP) is 7.53. The number of piperidine rings is 1. The van der Waals surface area contributed by atoms with Gasteiger partial charge >= 0.3 is 0 Å². The van der Waals surface area contributed by atoms with Gasteiger partial charge in [-0.05, 0) is 93.8 Å². The fraction of sp³-hybridized carbons (Fsp3) is 0.474. The second-order valence-corrected chi connectivity index (χ2v) is 13.4. The Bertz CT molecular complexity index is 1610. The van der Waals surface area contributed by atoms with E-state index in [1.165, 1.54) is 50.8 Å². The quantitative estimate of drug-likeness (QED) is 0.225. The maximum Gasteiger partial charge on any atom is 0.251 e. The molecule has 4 heterocycles. The van der Waals surface area contributed by atoms with Gasteiger partial charge in [0, 0.05) is 35.6 Å². The lowest BCUT2D eigenvalue weighted by Gasteiger charge is -2.36. The van der Waals surface area contributed by atoms with E-state index in [2.05, 4.69) is 25.8 Å². The molecule has 0 unspecified atom stereocenters. The van der Waals surface area contributed by atoms with Gasteiger partial charge in [0.05, 0.1) is 29.8 Å². The van der Waals surface area contributed by atoms with Gasteiger partial charge in [-0.15, -0.1) is 0 Å². The summed E-state index contributed by atoms with van der Waals surface area (Å²) < 4.78 is 7.81. The molecule has 3 aliphatic rings. The number of benzene rings is 2. The number of hydrogen-bond acceptors (Lipinski definition) is 4. The molecule has 0 radical (unpaired) electrons. The zero-order chi connectivity index (χ0) is 30.8. The first-order chi connectivity index (χ1) is 22.1. The number of likely N-dealkylation sites (tertiary alicyclic amines) is 2. The first-order valence-corrected chi connectivity index (χ1v) is 17.1. The molecule has 2 amide bonds. The van der Waals surface area contributed by atoms with Gasteiger partial charge < -0.3 is 24.1 Å². The van der Waals surface area contributed by atoms with Crippen LogP contribution in [0.25, 0.3) is 22.2 Å². The zero-order valence-electron chi connectivity index (χ0n) is 26.5. The highest BCUT2D eigenvalue weighted by Crippen LogP contribution is 2.44. The van der Waals surface area contributed by atoms with Crippen LogP contribution in [0.3, 0.4) is 0 Å². The highest BCUT2D eigenvalue weighted by atomic mass is 16.3. The van der Waals surface area contributed by atoms with Gasteiger partial charge in [-0.2, -0.15) is 0 Å². The van der Waals surface area contributed by atoms with Crippen molar-refractivity contribution < 1.29 is 14.0 Å². The van der Waals surface area contributed by atoms with Crippen molar-refractivity contribution in [2.24, 2.45) is 0 Å². The summed E-state index contributed by atoms with van der Waals surface area (Å²) in [7, 11) is 0. The molecular weight excluding hydrogens is 560 g/mol. The predicted molar refractivity (Wildman–Crippen MR) is 178 cm³/mol. The monoisotopic (exact) mass is 606 g/mol. The minimum atomic E-state index is -0.120. The molecule has 2 aliphatic heterocycles. The van der Waals surface area contributed by atoms with E-state index in [0.717, 1.165) is 66.5 Å². The molecule has 7 nitrogen and oxygen atoms in total. The van der Waals surface area contributed by atoms with Crippen molar-refractivity contribution >= 4 is 22.7 Å². The van der Waals surface area contributed by atoms with Crippen LogP contribution in [0, 0.1) is 0 Å². The van der Waals surface area contributed by atoms with Crippen LogP contribution in [0.2, 0.25) is 0 Å². The number of carbonyl (C=O) groups is 2. The number of amides is 2. The Morgan fingerprint density at radius 1 is 0.889 bits per heavy atom. The molecule has 0 spiro atoms. The Morgan fingerprint density at radius 2 is 1.64 bits per heavy atom. The summed E-state index contributed by atoms with van der Waals surface area (Å²) in [6, 6.07) is 18.6. The number of carbonyl (C=O) groups excluding carboxylic acids is 2. The molecule has 4 aromatic rings. The molecule has 45 heavy (non-hydrogen) atoms. The number of furan rings is 1. The third-order valence-electron chi connectivity index (χ3n) is 10.6. The van der Waals surface area contributed by atoms with Crippen LogP contribution in [0.1, 0.15) is 98.2 Å². The van der Waals surface area contributed by atoms with Crippen LogP contribution in [0.15, 0.2) is 71.5 Å². The first-order valence-electron chi connectivity index (χ1n) is 17.1. The maximum atomic E-state index is 14.1. The van der Waals surface area contributed by atoms with Crippen LogP contribution in [-0.4, -0.2) is 58.4 Å². The molecule has 2 saturated heterocycles. The molecule has 0 bridgehead atoms. The number of nitrogens with zero attached hydrogens (tertiary/aromatic N) is 3. The number of rotatable bonds is 8. The Kier molecular flexibility index (Phi) is 8.79. The Morgan fingerprint density at radius 3 is 2.36 bits per heavy atom. The van der Waals surface area contributed by atoms with Gasteiger partial charge in [0.2, 0.25) is 5.91 Å². The summed E-state index contributed by atoms with van der Waals surface area (Å²) in [5, 5.41) is 4.33. The largest absolute Gasteiger partial charge is 0.472 e. The SMILES string of the molecule is C[C@@H](NC(=O)c1ccc2c(C3CCCCC3)c(-c3ccoc3)n(CC(=O)N3CCC(N4CCCC4)CC3)c2c1)c1ccccc1. The molecule has 2 aromatic heterocycles. The summed E-state index contributed by atoms with van der Waals surface area (Å²) in [4.78, 5) is 32.3. The highest BCUT2D eigenvalue weighted by Gasteiger charge is 2.31. The van der Waals surface area contributed by atoms with Crippen LogP contribution in [0.4, 0.5) is 0 Å². The van der Waals surface area contributed by atoms with Crippen LogP contribution in [-0.2, 0) is 11.3 Å². The number of nitrogens with one attached hydrogen (secondary N) is 1. The van der Waals surface area contributed by atoms with Crippen LogP contribution < -0.4 is 5.32 Å². The molecule has 1 N–H and O–H groups in total. The van der Waals surface area contributed by atoms with Crippen molar-refractivity contribution in [2.75, 3.05) is 26.2 Å². The molecule has 1 saturated carbocycles. The molecule has 2 aromatic carbocycles. The summed E-state index contributed by atoms with van der Waals surface area (Å²) in [5.41, 5.74) is 5.99. The van der Waals surface area contributed by atoms with E-state index in [9.17, 15) is 9.59 Å². The Hall–Kier alpha value is -3.84. The van der Waals surface area contributed by atoms with Gasteiger partial charge in [-0.1, -0.05) is 55.7 Å². The third kappa shape index (κ3) is 6.19. The van der Waals surface area contributed by atoms with Gasteiger partial charge in [0.25, 0.3) is 5.91 Å². The highest BCUT2D eigenvalue weighted by molar-refractivity contribution is 6.01. The lowest BCUT2D eigenvalue weighted by Crippen LogP contribution is -2.46. The van der Waals surface area contributed by atoms with Crippen molar-refractivity contribution in [1.82, 2.24) is 19.7 Å².